The molecule has 2 rings (SSSR count). The zero-order valence-electron chi connectivity index (χ0n) is 7.90. The van der Waals surface area contributed by atoms with Crippen LogP contribution in [0.3, 0.4) is 0 Å². The Bertz CT molecular complexity index is 442. The normalized spacial score (nSPS) is 10.2. The van der Waals surface area contributed by atoms with Crippen molar-refractivity contribution in [3.05, 3.63) is 39.8 Å². The van der Waals surface area contributed by atoms with Gasteiger partial charge in [-0.1, -0.05) is 5.16 Å². The first kappa shape index (κ1) is 10.3. The highest BCUT2D eigenvalue weighted by Gasteiger charge is 2.00. The molecule has 0 saturated heterocycles. The van der Waals surface area contributed by atoms with Gasteiger partial charge in [-0.25, -0.2) is 0 Å². The lowest BCUT2D eigenvalue weighted by Crippen LogP contribution is -2.02. The number of nitrogens with zero attached hydrogens (tertiary/aromatic N) is 1. The number of anilines is 2. The van der Waals surface area contributed by atoms with Crippen LogP contribution >= 0.6 is 22.6 Å². The summed E-state index contributed by atoms with van der Waals surface area (Å²) in [6, 6.07) is 7.70. The van der Waals surface area contributed by atoms with E-state index in [2.05, 4.69) is 33.1 Å². The maximum absolute atomic E-state index is 5.85. The summed E-state index contributed by atoms with van der Waals surface area (Å²) in [4.78, 5) is 0. The molecule has 0 aliphatic rings. The summed E-state index contributed by atoms with van der Waals surface area (Å²) in [7, 11) is 0. The predicted octanol–water partition coefficient (Wildman–Crippen LogP) is 2.47. The Morgan fingerprint density at radius 3 is 2.93 bits per heavy atom. The van der Waals surface area contributed by atoms with Gasteiger partial charge in [0, 0.05) is 9.64 Å². The average molecular weight is 315 g/mol. The minimum Gasteiger partial charge on any atom is -0.397 e. The van der Waals surface area contributed by atoms with Crippen LogP contribution in [0.5, 0.6) is 0 Å². The number of benzene rings is 1. The Labute approximate surface area is 101 Å². The molecule has 5 heteroatoms. The molecule has 0 aliphatic carbocycles. The predicted molar refractivity (Wildman–Crippen MR) is 67.4 cm³/mol. The first-order chi connectivity index (χ1) is 7.25. The van der Waals surface area contributed by atoms with E-state index in [0.29, 0.717) is 6.54 Å². The molecule has 0 radical (unpaired) electrons. The van der Waals surface area contributed by atoms with Crippen LogP contribution in [0, 0.1) is 3.57 Å². The molecule has 1 aromatic carbocycles. The zero-order chi connectivity index (χ0) is 10.7. The summed E-state index contributed by atoms with van der Waals surface area (Å²) in [6.45, 7) is 0.612. The van der Waals surface area contributed by atoms with Gasteiger partial charge in [0.1, 0.15) is 12.0 Å². The van der Waals surface area contributed by atoms with E-state index in [1.165, 1.54) is 0 Å². The minimum atomic E-state index is 0.612. The van der Waals surface area contributed by atoms with Crippen molar-refractivity contribution in [3.63, 3.8) is 0 Å². The fourth-order valence-corrected chi connectivity index (χ4v) is 1.72. The molecule has 0 bridgehead atoms. The summed E-state index contributed by atoms with van der Waals surface area (Å²) >= 11 is 2.23. The van der Waals surface area contributed by atoms with Gasteiger partial charge < -0.3 is 15.6 Å². The first-order valence-corrected chi connectivity index (χ1v) is 5.52. The van der Waals surface area contributed by atoms with Crippen molar-refractivity contribution >= 4 is 34.0 Å². The third-order valence-electron chi connectivity index (χ3n) is 1.96. The second-order valence-electron chi connectivity index (χ2n) is 3.08. The summed E-state index contributed by atoms with van der Waals surface area (Å²) < 4.78 is 5.85. The lowest BCUT2D eigenvalue weighted by Gasteiger charge is -2.07. The van der Waals surface area contributed by atoms with E-state index in [1.54, 1.807) is 6.26 Å². The molecule has 78 valence electrons. The zero-order valence-corrected chi connectivity index (χ0v) is 10.1. The molecule has 0 aliphatic heterocycles. The minimum absolute atomic E-state index is 0.612. The van der Waals surface area contributed by atoms with E-state index in [4.69, 9.17) is 10.3 Å². The van der Waals surface area contributed by atoms with Crippen molar-refractivity contribution in [2.24, 2.45) is 0 Å². The van der Waals surface area contributed by atoms with Crippen LogP contribution in [0.2, 0.25) is 0 Å². The summed E-state index contributed by atoms with van der Waals surface area (Å²) in [5, 5.41) is 6.99. The maximum atomic E-state index is 5.85. The summed E-state index contributed by atoms with van der Waals surface area (Å²) in [5.41, 5.74) is 8.36. The summed E-state index contributed by atoms with van der Waals surface area (Å²) in [5.74, 6) is 0. The van der Waals surface area contributed by atoms with E-state index in [1.807, 2.05) is 24.3 Å². The molecule has 0 saturated carbocycles. The van der Waals surface area contributed by atoms with Crippen LogP contribution < -0.4 is 11.1 Å². The lowest BCUT2D eigenvalue weighted by atomic mass is 10.2. The Morgan fingerprint density at radius 2 is 2.27 bits per heavy atom. The van der Waals surface area contributed by atoms with Crippen LogP contribution in [0.15, 0.2) is 35.1 Å². The number of hydrogen-bond donors (Lipinski definition) is 2. The number of nitrogen functional groups attached to an aromatic ring is 1. The van der Waals surface area contributed by atoms with Gasteiger partial charge in [0.05, 0.1) is 17.9 Å². The third-order valence-corrected chi connectivity index (χ3v) is 2.64. The molecule has 0 spiro atoms. The highest BCUT2D eigenvalue weighted by Crippen LogP contribution is 2.21. The number of nitrogens with two attached hydrogens (primary N) is 1. The molecule has 4 nitrogen and oxygen atoms in total. The van der Waals surface area contributed by atoms with Crippen LogP contribution in [0.1, 0.15) is 5.69 Å². The standard InChI is InChI=1S/C10H10IN3O/c11-7-1-2-10(9(12)5-7)13-6-8-3-4-15-14-8/h1-5,13H,6,12H2. The second-order valence-corrected chi connectivity index (χ2v) is 4.32. The van der Waals surface area contributed by atoms with E-state index < -0.39 is 0 Å². The van der Waals surface area contributed by atoms with Crippen LogP contribution in [0.25, 0.3) is 0 Å². The van der Waals surface area contributed by atoms with Gasteiger partial charge in [0.2, 0.25) is 0 Å². The monoisotopic (exact) mass is 315 g/mol. The number of rotatable bonds is 3. The van der Waals surface area contributed by atoms with Gasteiger partial charge in [0.25, 0.3) is 0 Å². The van der Waals surface area contributed by atoms with E-state index in [9.17, 15) is 0 Å². The van der Waals surface area contributed by atoms with Crippen LogP contribution in [-0.2, 0) is 6.54 Å². The Balaban J connectivity index is 2.05. The Morgan fingerprint density at radius 1 is 1.40 bits per heavy atom. The van der Waals surface area contributed by atoms with Crippen LogP contribution in [-0.4, -0.2) is 5.16 Å². The average Bonchev–Trinajstić information content (AvgIpc) is 2.69. The largest absolute Gasteiger partial charge is 0.397 e. The molecule has 15 heavy (non-hydrogen) atoms. The van der Waals surface area contributed by atoms with Crippen molar-refractivity contribution in [1.29, 1.82) is 0 Å². The molecule has 0 atom stereocenters. The van der Waals surface area contributed by atoms with Crippen LogP contribution in [0.4, 0.5) is 11.4 Å². The van der Waals surface area contributed by atoms with E-state index in [0.717, 1.165) is 20.6 Å². The highest BCUT2D eigenvalue weighted by molar-refractivity contribution is 14.1. The number of halogens is 1. The number of hydrogen-bond acceptors (Lipinski definition) is 4. The molecule has 0 amide bonds. The molecule has 3 N–H and O–H groups in total. The van der Waals surface area contributed by atoms with Gasteiger partial charge in [0.15, 0.2) is 0 Å². The Hall–Kier alpha value is -1.24. The fourth-order valence-electron chi connectivity index (χ4n) is 1.21. The van der Waals surface area contributed by atoms with E-state index >= 15 is 0 Å². The van der Waals surface area contributed by atoms with Gasteiger partial charge in [-0.15, -0.1) is 0 Å². The quantitative estimate of drug-likeness (QED) is 0.675. The van der Waals surface area contributed by atoms with E-state index in [-0.39, 0.29) is 0 Å². The lowest BCUT2D eigenvalue weighted by molar-refractivity contribution is 0.412. The fraction of sp³-hybridized carbons (Fsp3) is 0.100. The molecule has 2 aromatic rings. The van der Waals surface area contributed by atoms with Crippen molar-refractivity contribution < 1.29 is 4.52 Å². The first-order valence-electron chi connectivity index (χ1n) is 4.44. The molecule has 0 unspecified atom stereocenters. The molecule has 1 aromatic heterocycles. The van der Waals surface area contributed by atoms with Crippen molar-refractivity contribution in [2.75, 3.05) is 11.1 Å². The van der Waals surface area contributed by atoms with Crippen molar-refractivity contribution in [1.82, 2.24) is 5.16 Å². The highest BCUT2D eigenvalue weighted by atomic mass is 127. The van der Waals surface area contributed by atoms with Crippen molar-refractivity contribution in [3.8, 4) is 0 Å². The molecule has 0 fully saturated rings. The Kier molecular flexibility index (Phi) is 3.10. The third kappa shape index (κ3) is 2.62. The van der Waals surface area contributed by atoms with Gasteiger partial charge >= 0.3 is 0 Å². The number of aromatic nitrogens is 1. The molecule has 1 heterocycles. The molecular formula is C10H10IN3O. The van der Waals surface area contributed by atoms with Crippen molar-refractivity contribution in [2.45, 2.75) is 6.54 Å². The van der Waals surface area contributed by atoms with Gasteiger partial charge in [-0.3, -0.25) is 0 Å². The molecular weight excluding hydrogens is 305 g/mol. The van der Waals surface area contributed by atoms with Gasteiger partial charge in [-0.05, 0) is 40.8 Å². The topological polar surface area (TPSA) is 64.1 Å². The maximum Gasteiger partial charge on any atom is 0.124 e. The SMILES string of the molecule is Nc1cc(I)ccc1NCc1ccon1. The van der Waals surface area contributed by atoms with Gasteiger partial charge in [-0.2, -0.15) is 0 Å². The second kappa shape index (κ2) is 4.52. The smallest absolute Gasteiger partial charge is 0.124 e. The summed E-state index contributed by atoms with van der Waals surface area (Å²) in [6.07, 6.45) is 1.55. The number of nitrogens with one attached hydrogen (secondary N) is 1.